The van der Waals surface area contributed by atoms with Gasteiger partial charge < -0.3 is 15.5 Å². The van der Waals surface area contributed by atoms with Gasteiger partial charge >= 0.3 is 0 Å². The lowest BCUT2D eigenvalue weighted by molar-refractivity contribution is -0.216. The van der Waals surface area contributed by atoms with Crippen molar-refractivity contribution in [2.75, 3.05) is 7.05 Å². The number of nitrogens with one attached hydrogen (secondary N) is 1. The second-order valence-corrected chi connectivity index (χ2v) is 7.85. The normalized spacial score (nSPS) is 41.1. The molecule has 0 bridgehead atoms. The molecule has 4 unspecified atom stereocenters. The van der Waals surface area contributed by atoms with Crippen molar-refractivity contribution in [1.29, 1.82) is 0 Å². The molecular weight excluding hydrogens is 290 g/mol. The predicted molar refractivity (Wildman–Crippen MR) is 87.1 cm³/mol. The summed E-state index contributed by atoms with van der Waals surface area (Å²) in [5.74, 6) is 1.23. The van der Waals surface area contributed by atoms with Crippen LogP contribution >= 0.6 is 0 Å². The molecule has 4 nitrogen and oxygen atoms in total. The summed E-state index contributed by atoms with van der Waals surface area (Å²) in [6.07, 6.45) is 3.51. The number of hydrogen-bond acceptors (Lipinski definition) is 3. The van der Waals surface area contributed by atoms with Gasteiger partial charge in [-0.1, -0.05) is 13.0 Å². The molecule has 0 heterocycles. The van der Waals surface area contributed by atoms with E-state index in [4.69, 9.17) is 0 Å². The SMILES string of the molecule is CNC(=O)C1C2C3CCc4cc(O)ccc4C3CC[C@]2(C)[C@H]1O. The van der Waals surface area contributed by atoms with Gasteiger partial charge in [0.1, 0.15) is 5.75 Å². The minimum absolute atomic E-state index is 0.0165. The van der Waals surface area contributed by atoms with Crippen molar-refractivity contribution in [3.8, 4) is 5.75 Å². The van der Waals surface area contributed by atoms with Crippen molar-refractivity contribution < 1.29 is 15.0 Å². The van der Waals surface area contributed by atoms with Crippen LogP contribution in [0.4, 0.5) is 0 Å². The molecule has 1 amide bonds. The van der Waals surface area contributed by atoms with Gasteiger partial charge in [-0.3, -0.25) is 4.79 Å². The lowest BCUT2D eigenvalue weighted by Crippen LogP contribution is -2.68. The number of amides is 1. The van der Waals surface area contributed by atoms with Crippen LogP contribution in [-0.2, 0) is 11.2 Å². The van der Waals surface area contributed by atoms with E-state index >= 15 is 0 Å². The number of carbonyl (C=O) groups is 1. The van der Waals surface area contributed by atoms with Crippen LogP contribution in [0.5, 0.6) is 5.75 Å². The molecule has 3 aliphatic carbocycles. The molecule has 0 aromatic heterocycles. The van der Waals surface area contributed by atoms with Gasteiger partial charge in [0.25, 0.3) is 0 Å². The van der Waals surface area contributed by atoms with Gasteiger partial charge in [0, 0.05) is 7.05 Å². The molecule has 0 radical (unpaired) electrons. The Morgan fingerprint density at radius 2 is 2.13 bits per heavy atom. The molecule has 3 aliphatic rings. The largest absolute Gasteiger partial charge is 0.508 e. The average Bonchev–Trinajstić information content (AvgIpc) is 2.55. The van der Waals surface area contributed by atoms with E-state index in [0.717, 1.165) is 25.7 Å². The number of aliphatic hydroxyl groups is 1. The summed E-state index contributed by atoms with van der Waals surface area (Å²) < 4.78 is 0. The van der Waals surface area contributed by atoms with Crippen LogP contribution in [0.1, 0.15) is 43.2 Å². The van der Waals surface area contributed by atoms with Crippen LogP contribution in [0.25, 0.3) is 0 Å². The molecule has 23 heavy (non-hydrogen) atoms. The van der Waals surface area contributed by atoms with E-state index in [-0.39, 0.29) is 23.2 Å². The number of aromatic hydroxyl groups is 1. The Balaban J connectivity index is 1.70. The van der Waals surface area contributed by atoms with Gasteiger partial charge in [0.15, 0.2) is 0 Å². The number of fused-ring (bicyclic) bond motifs is 5. The summed E-state index contributed by atoms with van der Waals surface area (Å²) in [5.41, 5.74) is 2.48. The van der Waals surface area contributed by atoms with Crippen molar-refractivity contribution in [1.82, 2.24) is 5.32 Å². The quantitative estimate of drug-likeness (QED) is 0.744. The molecule has 3 N–H and O–H groups in total. The Morgan fingerprint density at radius 3 is 2.87 bits per heavy atom. The van der Waals surface area contributed by atoms with Crippen LogP contribution in [0, 0.1) is 23.2 Å². The van der Waals surface area contributed by atoms with E-state index in [1.54, 1.807) is 13.1 Å². The van der Waals surface area contributed by atoms with E-state index in [1.807, 2.05) is 6.07 Å². The first kappa shape index (κ1) is 15.0. The lowest BCUT2D eigenvalue weighted by atomic mass is 9.41. The fourth-order valence-electron chi connectivity index (χ4n) is 5.83. The first-order valence-corrected chi connectivity index (χ1v) is 8.69. The lowest BCUT2D eigenvalue weighted by Gasteiger charge is -2.64. The highest BCUT2D eigenvalue weighted by Gasteiger charge is 2.66. The molecule has 6 atom stereocenters. The Kier molecular flexibility index (Phi) is 3.24. The van der Waals surface area contributed by atoms with Gasteiger partial charge in [-0.05, 0) is 72.1 Å². The maximum Gasteiger partial charge on any atom is 0.225 e. The Labute approximate surface area is 136 Å². The van der Waals surface area contributed by atoms with Crippen LogP contribution in [-0.4, -0.2) is 29.3 Å². The average molecular weight is 315 g/mol. The van der Waals surface area contributed by atoms with Gasteiger partial charge in [0.2, 0.25) is 5.91 Å². The van der Waals surface area contributed by atoms with Crippen molar-refractivity contribution in [3.05, 3.63) is 29.3 Å². The summed E-state index contributed by atoms with van der Waals surface area (Å²) in [5, 5.41) is 23.1. The third-order valence-corrected chi connectivity index (χ3v) is 6.96. The van der Waals surface area contributed by atoms with Gasteiger partial charge in [-0.2, -0.15) is 0 Å². The first-order valence-electron chi connectivity index (χ1n) is 8.69. The first-order chi connectivity index (χ1) is 11.0. The third-order valence-electron chi connectivity index (χ3n) is 6.96. The fraction of sp³-hybridized carbons (Fsp3) is 0.632. The number of rotatable bonds is 1. The molecule has 0 saturated heterocycles. The van der Waals surface area contributed by atoms with Crippen molar-refractivity contribution >= 4 is 5.91 Å². The number of hydrogen-bond donors (Lipinski definition) is 3. The van der Waals surface area contributed by atoms with Gasteiger partial charge in [-0.25, -0.2) is 0 Å². The number of carbonyl (C=O) groups excluding carboxylic acids is 1. The Bertz CT molecular complexity index is 658. The van der Waals surface area contributed by atoms with Crippen LogP contribution < -0.4 is 5.32 Å². The molecule has 1 aromatic rings. The van der Waals surface area contributed by atoms with Crippen LogP contribution in [0.3, 0.4) is 0 Å². The molecule has 124 valence electrons. The number of benzene rings is 1. The van der Waals surface area contributed by atoms with Crippen molar-refractivity contribution in [3.63, 3.8) is 0 Å². The standard InChI is InChI=1S/C19H25NO3/c1-19-8-7-13-12-6-4-11(21)9-10(12)3-5-14(13)16(19)15(17(19)22)18(23)20-2/h4,6,9,13-17,21-22H,3,5,7-8H2,1-2H3,(H,20,23)/t13?,14?,15?,16?,17-,19-/m0/s1. The maximum absolute atomic E-state index is 12.3. The number of aryl methyl sites for hydroxylation is 1. The Morgan fingerprint density at radius 1 is 1.35 bits per heavy atom. The highest BCUT2D eigenvalue weighted by Crippen LogP contribution is 2.65. The van der Waals surface area contributed by atoms with E-state index < -0.39 is 6.10 Å². The van der Waals surface area contributed by atoms with Crippen LogP contribution in [0.2, 0.25) is 0 Å². The molecule has 0 spiro atoms. The second kappa shape index (κ2) is 4.97. The number of phenols is 1. The summed E-state index contributed by atoms with van der Waals surface area (Å²) in [6, 6.07) is 5.74. The molecule has 2 fully saturated rings. The third kappa shape index (κ3) is 1.90. The minimum atomic E-state index is -0.519. The molecule has 0 aliphatic heterocycles. The summed E-state index contributed by atoms with van der Waals surface area (Å²) in [4.78, 5) is 12.3. The summed E-state index contributed by atoms with van der Waals surface area (Å²) in [6.45, 7) is 2.16. The fourth-order valence-corrected chi connectivity index (χ4v) is 5.83. The van der Waals surface area contributed by atoms with Crippen molar-refractivity contribution in [2.45, 2.75) is 44.6 Å². The van der Waals surface area contributed by atoms with E-state index in [2.05, 4.69) is 18.3 Å². The zero-order valence-electron chi connectivity index (χ0n) is 13.7. The smallest absolute Gasteiger partial charge is 0.225 e. The highest BCUT2D eigenvalue weighted by atomic mass is 16.3. The van der Waals surface area contributed by atoms with Crippen LogP contribution in [0.15, 0.2) is 18.2 Å². The minimum Gasteiger partial charge on any atom is -0.508 e. The van der Waals surface area contributed by atoms with Crippen molar-refractivity contribution in [2.24, 2.45) is 23.2 Å². The van der Waals surface area contributed by atoms with E-state index in [9.17, 15) is 15.0 Å². The van der Waals surface area contributed by atoms with E-state index in [1.165, 1.54) is 11.1 Å². The molecule has 2 saturated carbocycles. The number of phenolic OH excluding ortho intramolecular Hbond substituents is 1. The molecular formula is C19H25NO3. The highest BCUT2D eigenvalue weighted by molar-refractivity contribution is 5.81. The monoisotopic (exact) mass is 315 g/mol. The van der Waals surface area contributed by atoms with Gasteiger partial charge in [0.05, 0.1) is 12.0 Å². The molecule has 1 aromatic carbocycles. The number of aliphatic hydroxyl groups excluding tert-OH is 1. The van der Waals surface area contributed by atoms with E-state index in [0.29, 0.717) is 17.6 Å². The second-order valence-electron chi connectivity index (χ2n) is 7.85. The topological polar surface area (TPSA) is 69.6 Å². The summed E-state index contributed by atoms with van der Waals surface area (Å²) in [7, 11) is 1.66. The zero-order valence-corrected chi connectivity index (χ0v) is 13.7. The Hall–Kier alpha value is -1.55. The molecule has 4 heteroatoms. The molecule has 4 rings (SSSR count). The zero-order chi connectivity index (χ0) is 16.4. The van der Waals surface area contributed by atoms with Gasteiger partial charge in [-0.15, -0.1) is 0 Å². The summed E-state index contributed by atoms with van der Waals surface area (Å²) >= 11 is 0. The maximum atomic E-state index is 12.3. The predicted octanol–water partition coefficient (Wildman–Crippen LogP) is 2.19.